The zero-order chi connectivity index (χ0) is 21.3. The molecule has 0 bridgehead atoms. The highest BCUT2D eigenvalue weighted by molar-refractivity contribution is 7.92. The Morgan fingerprint density at radius 3 is 2.37 bits per heavy atom. The molecular weight excluding hydrogens is 407 g/mol. The lowest BCUT2D eigenvalue weighted by molar-refractivity contribution is 0.392. The van der Waals surface area contributed by atoms with E-state index < -0.39 is 10.0 Å². The standard InChI is InChI=1S/C22H19FN2O4S/c1-28-18-8-10-21(29-2)22(13-18)30(26,27)25-17-6-3-14(4-7-17)20-12-15-11-16(23)5-9-19(15)24-20/h3-13,24-25H,1-2H3. The molecule has 3 aromatic carbocycles. The number of nitrogens with one attached hydrogen (secondary N) is 2. The van der Waals surface area contributed by atoms with Gasteiger partial charge in [-0.3, -0.25) is 4.72 Å². The molecule has 2 N–H and O–H groups in total. The van der Waals surface area contributed by atoms with Crippen LogP contribution in [0.25, 0.3) is 22.2 Å². The highest BCUT2D eigenvalue weighted by Gasteiger charge is 2.21. The number of aromatic nitrogens is 1. The summed E-state index contributed by atoms with van der Waals surface area (Å²) in [5.74, 6) is 0.317. The molecule has 0 fully saturated rings. The van der Waals surface area contributed by atoms with Gasteiger partial charge < -0.3 is 14.5 Å². The quantitative estimate of drug-likeness (QED) is 0.464. The van der Waals surface area contributed by atoms with E-state index in [4.69, 9.17) is 9.47 Å². The largest absolute Gasteiger partial charge is 0.497 e. The fourth-order valence-corrected chi connectivity index (χ4v) is 4.42. The molecule has 0 aliphatic carbocycles. The summed E-state index contributed by atoms with van der Waals surface area (Å²) in [6, 6.07) is 17.8. The van der Waals surface area contributed by atoms with Gasteiger partial charge in [0.15, 0.2) is 0 Å². The van der Waals surface area contributed by atoms with Gasteiger partial charge in [-0.15, -0.1) is 0 Å². The van der Waals surface area contributed by atoms with Crippen molar-refractivity contribution in [3.8, 4) is 22.8 Å². The fourth-order valence-electron chi connectivity index (χ4n) is 3.18. The minimum Gasteiger partial charge on any atom is -0.497 e. The number of aromatic amines is 1. The molecule has 1 heterocycles. The monoisotopic (exact) mass is 426 g/mol. The molecule has 0 saturated carbocycles. The van der Waals surface area contributed by atoms with Crippen LogP contribution in [-0.4, -0.2) is 27.6 Å². The van der Waals surface area contributed by atoms with Crippen molar-refractivity contribution < 1.29 is 22.3 Å². The summed E-state index contributed by atoms with van der Waals surface area (Å²) < 4.78 is 52.0. The van der Waals surface area contributed by atoms with Gasteiger partial charge in [0, 0.05) is 28.4 Å². The van der Waals surface area contributed by atoms with Crippen LogP contribution in [-0.2, 0) is 10.0 Å². The molecule has 1 aromatic heterocycles. The van der Waals surface area contributed by atoms with Crippen LogP contribution in [0.2, 0.25) is 0 Å². The number of rotatable bonds is 6. The Morgan fingerprint density at radius 2 is 1.67 bits per heavy atom. The summed E-state index contributed by atoms with van der Waals surface area (Å²) in [5, 5.41) is 0.764. The molecule has 0 amide bonds. The maximum atomic E-state index is 13.4. The summed E-state index contributed by atoms with van der Waals surface area (Å²) in [6.45, 7) is 0. The highest BCUT2D eigenvalue weighted by Crippen LogP contribution is 2.31. The van der Waals surface area contributed by atoms with Gasteiger partial charge in [-0.1, -0.05) is 12.1 Å². The molecule has 30 heavy (non-hydrogen) atoms. The number of benzene rings is 3. The van der Waals surface area contributed by atoms with E-state index in [9.17, 15) is 12.8 Å². The predicted molar refractivity (Wildman–Crippen MR) is 114 cm³/mol. The maximum absolute atomic E-state index is 13.4. The van der Waals surface area contributed by atoms with Crippen molar-refractivity contribution in [1.82, 2.24) is 4.98 Å². The number of halogens is 1. The van der Waals surface area contributed by atoms with E-state index in [-0.39, 0.29) is 16.5 Å². The second-order valence-corrected chi connectivity index (χ2v) is 8.27. The number of sulfonamides is 1. The van der Waals surface area contributed by atoms with Gasteiger partial charge in [-0.05, 0) is 54.1 Å². The van der Waals surface area contributed by atoms with Gasteiger partial charge in [0.25, 0.3) is 10.0 Å². The van der Waals surface area contributed by atoms with Crippen LogP contribution in [0.5, 0.6) is 11.5 Å². The molecule has 4 rings (SSSR count). The van der Waals surface area contributed by atoms with Crippen LogP contribution < -0.4 is 14.2 Å². The number of methoxy groups -OCH3 is 2. The van der Waals surface area contributed by atoms with Gasteiger partial charge in [0.1, 0.15) is 22.2 Å². The van der Waals surface area contributed by atoms with Gasteiger partial charge in [0.05, 0.1) is 14.2 Å². The smallest absolute Gasteiger partial charge is 0.265 e. The van der Waals surface area contributed by atoms with E-state index in [2.05, 4.69) is 9.71 Å². The van der Waals surface area contributed by atoms with E-state index in [1.165, 1.54) is 38.5 Å². The SMILES string of the molecule is COc1ccc(OC)c(S(=O)(=O)Nc2ccc(-c3cc4cc(F)ccc4[nH]3)cc2)c1. The van der Waals surface area contributed by atoms with Crippen LogP contribution >= 0.6 is 0 Å². The average molecular weight is 426 g/mol. The maximum Gasteiger partial charge on any atom is 0.265 e. The number of fused-ring (bicyclic) bond motifs is 1. The van der Waals surface area contributed by atoms with Crippen molar-refractivity contribution in [3.63, 3.8) is 0 Å². The summed E-state index contributed by atoms with van der Waals surface area (Å²) in [7, 11) is -1.03. The molecule has 0 saturated heterocycles. The summed E-state index contributed by atoms with van der Waals surface area (Å²) in [6.07, 6.45) is 0. The zero-order valence-electron chi connectivity index (χ0n) is 16.3. The second-order valence-electron chi connectivity index (χ2n) is 6.61. The third-order valence-corrected chi connectivity index (χ3v) is 6.09. The molecular formula is C22H19FN2O4S. The van der Waals surface area contributed by atoms with E-state index in [1.54, 1.807) is 36.4 Å². The van der Waals surface area contributed by atoms with E-state index in [1.807, 2.05) is 6.07 Å². The predicted octanol–water partition coefficient (Wildman–Crippen LogP) is 4.79. The van der Waals surface area contributed by atoms with Crippen molar-refractivity contribution in [2.75, 3.05) is 18.9 Å². The lowest BCUT2D eigenvalue weighted by Crippen LogP contribution is -2.14. The fraction of sp³-hybridized carbons (Fsp3) is 0.0909. The Balaban J connectivity index is 1.61. The van der Waals surface area contributed by atoms with Crippen molar-refractivity contribution in [3.05, 3.63) is 72.5 Å². The van der Waals surface area contributed by atoms with Gasteiger partial charge in [0.2, 0.25) is 0 Å². The molecule has 0 spiro atoms. The van der Waals surface area contributed by atoms with E-state index in [0.29, 0.717) is 11.4 Å². The number of hydrogen-bond donors (Lipinski definition) is 2. The number of ether oxygens (including phenoxy) is 2. The summed E-state index contributed by atoms with van der Waals surface area (Å²) >= 11 is 0. The lowest BCUT2D eigenvalue weighted by atomic mass is 10.1. The third-order valence-electron chi connectivity index (χ3n) is 4.69. The summed E-state index contributed by atoms with van der Waals surface area (Å²) in [5.41, 5.74) is 2.86. The Hall–Kier alpha value is -3.52. The molecule has 0 radical (unpaired) electrons. The average Bonchev–Trinajstić information content (AvgIpc) is 3.16. The lowest BCUT2D eigenvalue weighted by Gasteiger charge is -2.13. The summed E-state index contributed by atoms with van der Waals surface area (Å²) in [4.78, 5) is 3.20. The Bertz CT molecular complexity index is 1310. The van der Waals surface area contributed by atoms with Gasteiger partial charge in [-0.2, -0.15) is 0 Å². The van der Waals surface area contributed by atoms with Gasteiger partial charge >= 0.3 is 0 Å². The first-order valence-electron chi connectivity index (χ1n) is 9.03. The first-order chi connectivity index (χ1) is 14.4. The molecule has 154 valence electrons. The van der Waals surface area contributed by atoms with Crippen molar-refractivity contribution in [2.24, 2.45) is 0 Å². The topological polar surface area (TPSA) is 80.4 Å². The number of hydrogen-bond acceptors (Lipinski definition) is 4. The van der Waals surface area contributed by atoms with Crippen molar-refractivity contribution >= 4 is 26.6 Å². The molecule has 0 aliphatic heterocycles. The van der Waals surface area contributed by atoms with Crippen LogP contribution in [0, 0.1) is 5.82 Å². The molecule has 8 heteroatoms. The van der Waals surface area contributed by atoms with Crippen LogP contribution in [0.4, 0.5) is 10.1 Å². The number of H-pyrrole nitrogens is 1. The zero-order valence-corrected chi connectivity index (χ0v) is 17.1. The van der Waals surface area contributed by atoms with E-state index >= 15 is 0 Å². The molecule has 4 aromatic rings. The van der Waals surface area contributed by atoms with E-state index in [0.717, 1.165) is 22.2 Å². The molecule has 0 aliphatic rings. The Morgan fingerprint density at radius 1 is 0.900 bits per heavy atom. The second kappa shape index (κ2) is 7.72. The first kappa shape index (κ1) is 19.8. The normalized spacial score (nSPS) is 11.4. The molecule has 0 atom stereocenters. The molecule has 0 unspecified atom stereocenters. The Kier molecular flexibility index (Phi) is 5.09. The van der Waals surface area contributed by atoms with Crippen LogP contribution in [0.1, 0.15) is 0 Å². The van der Waals surface area contributed by atoms with Gasteiger partial charge in [-0.25, -0.2) is 12.8 Å². The number of anilines is 1. The van der Waals surface area contributed by atoms with Crippen molar-refractivity contribution in [1.29, 1.82) is 0 Å². The van der Waals surface area contributed by atoms with Crippen molar-refractivity contribution in [2.45, 2.75) is 4.90 Å². The van der Waals surface area contributed by atoms with Crippen LogP contribution in [0.3, 0.4) is 0 Å². The highest BCUT2D eigenvalue weighted by atomic mass is 32.2. The minimum absolute atomic E-state index is 0.0222. The molecule has 6 nitrogen and oxygen atoms in total. The minimum atomic E-state index is -3.90. The van der Waals surface area contributed by atoms with Crippen LogP contribution in [0.15, 0.2) is 71.6 Å². The third kappa shape index (κ3) is 3.81. The Labute approximate surface area is 173 Å². The first-order valence-corrected chi connectivity index (χ1v) is 10.5.